The van der Waals surface area contributed by atoms with Crippen LogP contribution in [0.15, 0.2) is 82.0 Å². The van der Waals surface area contributed by atoms with Crippen molar-refractivity contribution in [1.29, 1.82) is 0 Å². The third-order valence-electron chi connectivity index (χ3n) is 3.96. The number of hydrogen-bond donors (Lipinski definition) is 0. The molecule has 4 nitrogen and oxygen atoms in total. The molecule has 0 amide bonds. The van der Waals surface area contributed by atoms with Crippen molar-refractivity contribution in [3.63, 3.8) is 0 Å². The minimum absolute atomic E-state index is 0.0312. The molecule has 4 heteroatoms. The molecule has 0 saturated carbocycles. The summed E-state index contributed by atoms with van der Waals surface area (Å²) in [7, 11) is 3.98. The molecule has 0 aliphatic heterocycles. The maximum Gasteiger partial charge on any atom is 0.347 e. The molecule has 0 radical (unpaired) electrons. The van der Waals surface area contributed by atoms with Gasteiger partial charge in [-0.3, -0.25) is 4.79 Å². The Balaban J connectivity index is 1.73. The maximum atomic E-state index is 12.3. The Morgan fingerprint density at radius 3 is 2.46 bits per heavy atom. The van der Waals surface area contributed by atoms with Crippen molar-refractivity contribution in [2.75, 3.05) is 19.0 Å². The second-order valence-electron chi connectivity index (χ2n) is 6.05. The molecule has 2 aromatic carbocycles. The first-order valence-electron chi connectivity index (χ1n) is 8.24. The van der Waals surface area contributed by atoms with Crippen LogP contribution in [0.2, 0.25) is 0 Å². The van der Waals surface area contributed by atoms with Gasteiger partial charge >= 0.3 is 5.63 Å². The molecule has 26 heavy (non-hydrogen) atoms. The topological polar surface area (TPSA) is 50.5 Å². The molecule has 1 heterocycles. The van der Waals surface area contributed by atoms with Crippen LogP contribution in [0.3, 0.4) is 0 Å². The van der Waals surface area contributed by atoms with E-state index in [0.29, 0.717) is 5.58 Å². The van der Waals surface area contributed by atoms with Gasteiger partial charge in [-0.2, -0.15) is 0 Å². The largest absolute Gasteiger partial charge is 0.422 e. The predicted octanol–water partition coefficient (Wildman–Crippen LogP) is 4.31. The van der Waals surface area contributed by atoms with E-state index in [1.807, 2.05) is 55.4 Å². The van der Waals surface area contributed by atoms with E-state index in [4.69, 9.17) is 4.42 Å². The van der Waals surface area contributed by atoms with E-state index in [0.717, 1.165) is 16.6 Å². The summed E-state index contributed by atoms with van der Waals surface area (Å²) in [6.45, 7) is 0. The Morgan fingerprint density at radius 1 is 1.00 bits per heavy atom. The van der Waals surface area contributed by atoms with Gasteiger partial charge in [-0.05, 0) is 35.9 Å². The van der Waals surface area contributed by atoms with Gasteiger partial charge in [0.05, 0.1) is 0 Å². The van der Waals surface area contributed by atoms with Crippen molar-refractivity contribution >= 4 is 28.5 Å². The second kappa shape index (κ2) is 7.66. The molecule has 0 bridgehead atoms. The number of benzene rings is 2. The molecule has 0 unspecified atom stereocenters. The van der Waals surface area contributed by atoms with Crippen LogP contribution in [0.4, 0.5) is 5.69 Å². The Bertz CT molecular complexity index is 1040. The highest BCUT2D eigenvalue weighted by Gasteiger charge is 2.10. The SMILES string of the molecule is CN(C)c1ccc(/C=C/C=CC(=O)c2cc3ccccc3oc2=O)cc1. The molecule has 3 aromatic rings. The molecule has 0 N–H and O–H groups in total. The monoisotopic (exact) mass is 345 g/mol. The van der Waals surface area contributed by atoms with Crippen molar-refractivity contribution in [2.45, 2.75) is 0 Å². The number of anilines is 1. The normalized spacial score (nSPS) is 11.5. The number of carbonyl (C=O) groups is 1. The number of nitrogens with zero attached hydrogens (tertiary/aromatic N) is 1. The van der Waals surface area contributed by atoms with Crippen LogP contribution in [0, 0.1) is 0 Å². The zero-order valence-electron chi connectivity index (χ0n) is 14.7. The molecular weight excluding hydrogens is 326 g/mol. The third-order valence-corrected chi connectivity index (χ3v) is 3.96. The third kappa shape index (κ3) is 3.98. The first-order valence-corrected chi connectivity index (χ1v) is 8.24. The van der Waals surface area contributed by atoms with Crippen molar-refractivity contribution < 1.29 is 9.21 Å². The average Bonchev–Trinajstić information content (AvgIpc) is 2.64. The van der Waals surface area contributed by atoms with E-state index in [2.05, 4.69) is 0 Å². The molecule has 0 fully saturated rings. The lowest BCUT2D eigenvalue weighted by atomic mass is 10.1. The van der Waals surface area contributed by atoms with Crippen LogP contribution in [-0.4, -0.2) is 19.9 Å². The van der Waals surface area contributed by atoms with Crippen LogP contribution in [0.1, 0.15) is 15.9 Å². The van der Waals surface area contributed by atoms with Crippen molar-refractivity contribution in [3.05, 3.63) is 94.4 Å². The molecule has 0 aliphatic rings. The van der Waals surface area contributed by atoms with Crippen molar-refractivity contribution in [1.82, 2.24) is 0 Å². The second-order valence-corrected chi connectivity index (χ2v) is 6.05. The molecule has 0 aliphatic carbocycles. The van der Waals surface area contributed by atoms with Gasteiger partial charge in [0.15, 0.2) is 5.78 Å². The lowest BCUT2D eigenvalue weighted by Gasteiger charge is -2.11. The van der Waals surface area contributed by atoms with Crippen LogP contribution in [-0.2, 0) is 0 Å². The molecule has 0 atom stereocenters. The fourth-order valence-electron chi connectivity index (χ4n) is 2.52. The van der Waals surface area contributed by atoms with Crippen LogP contribution in [0.5, 0.6) is 0 Å². The van der Waals surface area contributed by atoms with Gasteiger partial charge in [0.25, 0.3) is 0 Å². The average molecular weight is 345 g/mol. The smallest absolute Gasteiger partial charge is 0.347 e. The Hall–Kier alpha value is -3.40. The van der Waals surface area contributed by atoms with Gasteiger partial charge < -0.3 is 9.32 Å². The summed E-state index contributed by atoms with van der Waals surface area (Å²) in [6.07, 6.45) is 6.65. The van der Waals surface area contributed by atoms with Crippen LogP contribution < -0.4 is 10.5 Å². The summed E-state index contributed by atoms with van der Waals surface area (Å²) in [5.41, 5.74) is 2.03. The molecule has 1 aromatic heterocycles. The minimum atomic E-state index is -0.624. The molecule has 0 spiro atoms. The highest BCUT2D eigenvalue weighted by molar-refractivity contribution is 6.05. The number of rotatable bonds is 5. The van der Waals surface area contributed by atoms with E-state index >= 15 is 0 Å². The molecule has 3 rings (SSSR count). The van der Waals surface area contributed by atoms with Crippen molar-refractivity contribution in [3.8, 4) is 0 Å². The first kappa shape index (κ1) is 17.4. The van der Waals surface area contributed by atoms with Gasteiger partial charge in [-0.25, -0.2) is 4.79 Å². The standard InChI is InChI=1S/C22H19NO3/c1-23(2)18-13-11-16(12-14-18)7-3-5-9-20(24)19-15-17-8-4-6-10-21(17)26-22(19)25/h3-15H,1-2H3/b7-3+,9-5?. The maximum absolute atomic E-state index is 12.3. The Kier molecular flexibility index (Phi) is 5.13. The molecular formula is C22H19NO3. The summed E-state index contributed by atoms with van der Waals surface area (Å²) in [4.78, 5) is 26.3. The van der Waals surface area contributed by atoms with E-state index in [-0.39, 0.29) is 11.3 Å². The van der Waals surface area contributed by atoms with E-state index in [9.17, 15) is 9.59 Å². The highest BCUT2D eigenvalue weighted by atomic mass is 16.4. The Morgan fingerprint density at radius 2 is 1.73 bits per heavy atom. The summed E-state index contributed by atoms with van der Waals surface area (Å²) < 4.78 is 5.19. The number of fused-ring (bicyclic) bond motifs is 1. The summed E-state index contributed by atoms with van der Waals surface area (Å²) in [5.74, 6) is -0.378. The molecule has 130 valence electrons. The van der Waals surface area contributed by atoms with Crippen molar-refractivity contribution in [2.24, 2.45) is 0 Å². The zero-order chi connectivity index (χ0) is 18.5. The van der Waals surface area contributed by atoms with Crippen LogP contribution >= 0.6 is 0 Å². The number of allylic oxidation sites excluding steroid dienone is 3. The summed E-state index contributed by atoms with van der Waals surface area (Å²) in [5, 5.41) is 0.723. The highest BCUT2D eigenvalue weighted by Crippen LogP contribution is 2.14. The predicted molar refractivity (Wildman–Crippen MR) is 106 cm³/mol. The first-order chi connectivity index (χ1) is 12.5. The number of para-hydroxylation sites is 1. The number of ketones is 1. The summed E-state index contributed by atoms with van der Waals surface area (Å²) >= 11 is 0. The lowest BCUT2D eigenvalue weighted by Crippen LogP contribution is -2.11. The van der Waals surface area contributed by atoms with Crippen LogP contribution in [0.25, 0.3) is 17.0 Å². The fourth-order valence-corrected chi connectivity index (χ4v) is 2.52. The summed E-state index contributed by atoms with van der Waals surface area (Å²) in [6, 6.07) is 16.7. The minimum Gasteiger partial charge on any atom is -0.422 e. The van der Waals surface area contributed by atoms with Gasteiger partial charge in [-0.1, -0.05) is 48.6 Å². The zero-order valence-corrected chi connectivity index (χ0v) is 14.7. The quantitative estimate of drug-likeness (QED) is 0.299. The van der Waals surface area contributed by atoms with E-state index in [1.54, 1.807) is 36.4 Å². The Labute approximate surface area is 151 Å². The van der Waals surface area contributed by atoms with Gasteiger partial charge in [-0.15, -0.1) is 0 Å². The fraction of sp³-hybridized carbons (Fsp3) is 0.0909. The van der Waals surface area contributed by atoms with Gasteiger partial charge in [0.2, 0.25) is 0 Å². The number of carbonyl (C=O) groups excluding carboxylic acids is 1. The molecule has 0 saturated heterocycles. The van der Waals surface area contributed by atoms with E-state index in [1.165, 1.54) is 6.08 Å². The lowest BCUT2D eigenvalue weighted by molar-refractivity contribution is 0.104. The van der Waals surface area contributed by atoms with Gasteiger partial charge in [0.1, 0.15) is 11.1 Å². The number of hydrogen-bond acceptors (Lipinski definition) is 4. The van der Waals surface area contributed by atoms with E-state index < -0.39 is 5.63 Å². The van der Waals surface area contributed by atoms with Gasteiger partial charge in [0, 0.05) is 25.2 Å².